The Balaban J connectivity index is 1.55. The lowest BCUT2D eigenvalue weighted by molar-refractivity contribution is -0.137. The fraction of sp³-hybridized carbons (Fsp3) is 0.160. The van der Waals surface area contributed by atoms with Crippen molar-refractivity contribution in [2.45, 2.75) is 24.4 Å². The number of carbonyl (C=O) groups excluding carboxylic acids is 2. The average Bonchev–Trinajstić information content (AvgIpc) is 3.08. The highest BCUT2D eigenvalue weighted by Gasteiger charge is 2.39. The first-order chi connectivity index (χ1) is 16.7. The molecule has 0 aliphatic carbocycles. The lowest BCUT2D eigenvalue weighted by atomic mass is 10.2. The van der Waals surface area contributed by atoms with Crippen LogP contribution in [0, 0.1) is 0 Å². The van der Waals surface area contributed by atoms with Crippen molar-refractivity contribution < 1.29 is 22.8 Å². The van der Waals surface area contributed by atoms with Crippen LogP contribution in [-0.4, -0.2) is 27.1 Å². The van der Waals surface area contributed by atoms with E-state index in [4.69, 9.17) is 11.6 Å². The Morgan fingerprint density at radius 3 is 2.40 bits per heavy atom. The van der Waals surface area contributed by atoms with E-state index in [2.05, 4.69) is 10.3 Å². The lowest BCUT2D eigenvalue weighted by Gasteiger charge is -2.16. The highest BCUT2D eigenvalue weighted by Crippen LogP contribution is 2.34. The van der Waals surface area contributed by atoms with Gasteiger partial charge in [0.15, 0.2) is 5.17 Å². The van der Waals surface area contributed by atoms with E-state index in [-0.39, 0.29) is 30.5 Å². The van der Waals surface area contributed by atoms with Crippen molar-refractivity contribution in [2.75, 3.05) is 5.32 Å². The molecule has 2 amide bonds. The van der Waals surface area contributed by atoms with Crippen LogP contribution in [-0.2, 0) is 22.3 Å². The van der Waals surface area contributed by atoms with Crippen LogP contribution in [0.4, 0.5) is 24.5 Å². The van der Waals surface area contributed by atoms with E-state index in [9.17, 15) is 22.8 Å². The van der Waals surface area contributed by atoms with E-state index in [1.807, 2.05) is 30.3 Å². The smallest absolute Gasteiger partial charge is 0.326 e. The molecule has 1 saturated heterocycles. The summed E-state index contributed by atoms with van der Waals surface area (Å²) in [5, 5.41) is 2.78. The van der Waals surface area contributed by atoms with E-state index in [1.54, 1.807) is 24.3 Å². The van der Waals surface area contributed by atoms with E-state index in [1.165, 1.54) is 17.0 Å². The van der Waals surface area contributed by atoms with Gasteiger partial charge in [0, 0.05) is 17.1 Å². The molecule has 35 heavy (non-hydrogen) atoms. The number of halogens is 4. The van der Waals surface area contributed by atoms with Crippen molar-refractivity contribution in [3.05, 3.63) is 95.0 Å². The summed E-state index contributed by atoms with van der Waals surface area (Å²) in [7, 11) is 0. The molecule has 180 valence electrons. The third-order valence-corrected chi connectivity index (χ3v) is 6.51. The zero-order chi connectivity index (χ0) is 25.0. The summed E-state index contributed by atoms with van der Waals surface area (Å²) in [5.41, 5.74) is 0.854. The number of anilines is 1. The molecule has 1 heterocycles. The Kier molecular flexibility index (Phi) is 7.47. The molecule has 1 fully saturated rings. The Morgan fingerprint density at radius 1 is 1.03 bits per heavy atom. The van der Waals surface area contributed by atoms with Gasteiger partial charge in [-0.3, -0.25) is 14.5 Å². The van der Waals surface area contributed by atoms with Gasteiger partial charge in [-0.15, -0.1) is 0 Å². The Morgan fingerprint density at radius 2 is 1.74 bits per heavy atom. The monoisotopic (exact) mass is 517 g/mol. The van der Waals surface area contributed by atoms with Crippen molar-refractivity contribution in [3.8, 4) is 0 Å². The summed E-state index contributed by atoms with van der Waals surface area (Å²) < 4.78 is 38.7. The highest BCUT2D eigenvalue weighted by molar-refractivity contribution is 8.15. The number of rotatable bonds is 6. The van der Waals surface area contributed by atoms with Gasteiger partial charge >= 0.3 is 6.18 Å². The maximum atomic E-state index is 13.2. The van der Waals surface area contributed by atoms with Crippen LogP contribution in [0.3, 0.4) is 0 Å². The number of alkyl halides is 3. The van der Waals surface area contributed by atoms with Crippen LogP contribution < -0.4 is 5.32 Å². The van der Waals surface area contributed by atoms with Gasteiger partial charge in [-0.1, -0.05) is 59.8 Å². The topological polar surface area (TPSA) is 61.8 Å². The molecular weight excluding hydrogens is 499 g/mol. The normalized spacial score (nSPS) is 17.1. The van der Waals surface area contributed by atoms with E-state index in [0.717, 1.165) is 29.5 Å². The van der Waals surface area contributed by atoms with Gasteiger partial charge < -0.3 is 5.32 Å². The minimum Gasteiger partial charge on any atom is -0.326 e. The summed E-state index contributed by atoms with van der Waals surface area (Å²) in [5.74, 6) is -0.667. The summed E-state index contributed by atoms with van der Waals surface area (Å²) in [4.78, 5) is 31.7. The van der Waals surface area contributed by atoms with Crippen molar-refractivity contribution >= 4 is 51.7 Å². The lowest BCUT2D eigenvalue weighted by Crippen LogP contribution is -2.33. The highest BCUT2D eigenvalue weighted by atomic mass is 35.5. The van der Waals surface area contributed by atoms with Gasteiger partial charge in [-0.25, -0.2) is 4.99 Å². The quantitative estimate of drug-likeness (QED) is 0.405. The molecule has 1 atom stereocenters. The molecule has 1 aliphatic rings. The van der Waals surface area contributed by atoms with E-state index >= 15 is 0 Å². The summed E-state index contributed by atoms with van der Waals surface area (Å²) in [6.07, 6.45) is -4.56. The van der Waals surface area contributed by atoms with Gasteiger partial charge in [0.1, 0.15) is 5.25 Å². The number of aliphatic imine (C=N–C) groups is 1. The molecule has 0 saturated carbocycles. The van der Waals surface area contributed by atoms with Gasteiger partial charge in [-0.2, -0.15) is 13.2 Å². The van der Waals surface area contributed by atoms with Gasteiger partial charge in [0.05, 0.1) is 17.8 Å². The number of amidine groups is 1. The molecule has 5 nitrogen and oxygen atoms in total. The first-order valence-corrected chi connectivity index (χ1v) is 11.8. The zero-order valence-electron chi connectivity index (χ0n) is 18.1. The number of amides is 2. The third kappa shape index (κ3) is 6.43. The van der Waals surface area contributed by atoms with E-state index in [0.29, 0.717) is 15.9 Å². The zero-order valence-corrected chi connectivity index (χ0v) is 19.7. The fourth-order valence-corrected chi connectivity index (χ4v) is 4.77. The molecule has 1 N–H and O–H groups in total. The first-order valence-electron chi connectivity index (χ1n) is 10.5. The Hall–Kier alpha value is -3.30. The first kappa shape index (κ1) is 24.8. The second-order valence-electron chi connectivity index (χ2n) is 7.72. The molecule has 4 rings (SSSR count). The molecule has 1 aliphatic heterocycles. The summed E-state index contributed by atoms with van der Waals surface area (Å²) in [6.45, 7) is 0.221. The molecule has 10 heteroatoms. The third-order valence-electron chi connectivity index (χ3n) is 5.10. The number of thioether (sulfide) groups is 1. The minimum absolute atomic E-state index is 0.104. The number of nitrogens with one attached hydrogen (secondary N) is 1. The SMILES string of the molecule is O=C(C[C@H]1SC(=Nc2ccc(C(F)(F)F)cc2)N(Cc2ccccc2)C1=O)Nc1cccc(Cl)c1. The Labute approximate surface area is 209 Å². The van der Waals surface area contributed by atoms with E-state index < -0.39 is 17.0 Å². The molecule has 3 aromatic rings. The second kappa shape index (κ2) is 10.5. The fourth-order valence-electron chi connectivity index (χ4n) is 3.42. The molecule has 0 aromatic heterocycles. The number of hydrogen-bond donors (Lipinski definition) is 1. The number of carbonyl (C=O) groups is 2. The second-order valence-corrected chi connectivity index (χ2v) is 9.32. The minimum atomic E-state index is -4.45. The Bertz CT molecular complexity index is 1250. The number of nitrogens with zero attached hydrogens (tertiary/aromatic N) is 2. The standard InChI is InChI=1S/C25H19ClF3N3O2S/c26-18-7-4-8-20(13-18)30-22(33)14-21-23(34)32(15-16-5-2-1-3-6-16)24(35-21)31-19-11-9-17(10-12-19)25(27,28)29/h1-13,21H,14-15H2,(H,30,33)/t21-/m1/s1. The van der Waals surface area contributed by atoms with Crippen LogP contribution >= 0.6 is 23.4 Å². The van der Waals surface area contributed by atoms with Crippen molar-refractivity contribution in [1.29, 1.82) is 0 Å². The summed E-state index contributed by atoms with van der Waals surface area (Å²) >= 11 is 7.06. The molecule has 0 radical (unpaired) electrons. The van der Waals surface area contributed by atoms with Crippen LogP contribution in [0.2, 0.25) is 5.02 Å². The molecule has 0 bridgehead atoms. The molecule has 3 aromatic carbocycles. The molecule has 0 spiro atoms. The van der Waals surface area contributed by atoms with Crippen molar-refractivity contribution in [1.82, 2.24) is 4.90 Å². The van der Waals surface area contributed by atoms with Gasteiger partial charge in [0.25, 0.3) is 0 Å². The van der Waals surface area contributed by atoms with Crippen molar-refractivity contribution in [2.24, 2.45) is 4.99 Å². The van der Waals surface area contributed by atoms with Crippen molar-refractivity contribution in [3.63, 3.8) is 0 Å². The van der Waals surface area contributed by atoms with Crippen LogP contribution in [0.5, 0.6) is 0 Å². The van der Waals surface area contributed by atoms with Crippen LogP contribution in [0.1, 0.15) is 17.5 Å². The predicted octanol–water partition coefficient (Wildman–Crippen LogP) is 6.52. The largest absolute Gasteiger partial charge is 0.416 e. The molecular formula is C25H19ClF3N3O2S. The predicted molar refractivity (Wildman–Crippen MR) is 132 cm³/mol. The number of benzene rings is 3. The number of hydrogen-bond acceptors (Lipinski definition) is 4. The maximum absolute atomic E-state index is 13.2. The van der Waals surface area contributed by atoms with Gasteiger partial charge in [0.2, 0.25) is 11.8 Å². The van der Waals surface area contributed by atoms with Crippen LogP contribution in [0.25, 0.3) is 0 Å². The average molecular weight is 518 g/mol. The van der Waals surface area contributed by atoms with Gasteiger partial charge in [-0.05, 0) is 48.0 Å². The summed E-state index contributed by atoms with van der Waals surface area (Å²) in [6, 6.07) is 20.3. The van der Waals surface area contributed by atoms with Crippen LogP contribution in [0.15, 0.2) is 83.9 Å². The maximum Gasteiger partial charge on any atom is 0.416 e. The molecule has 0 unspecified atom stereocenters.